The van der Waals surface area contributed by atoms with Gasteiger partial charge in [-0.2, -0.15) is 0 Å². The molecule has 0 aliphatic heterocycles. The number of hydrogen-bond acceptors (Lipinski definition) is 2. The average Bonchev–Trinajstić information content (AvgIpc) is 3.78. The van der Waals surface area contributed by atoms with Crippen LogP contribution >= 0.6 is 0 Å². The van der Waals surface area contributed by atoms with Gasteiger partial charge in [0.25, 0.3) is 0 Å². The van der Waals surface area contributed by atoms with E-state index in [0.717, 1.165) is 50.1 Å². The lowest BCUT2D eigenvalue weighted by Crippen LogP contribution is -2.10. The summed E-state index contributed by atoms with van der Waals surface area (Å²) in [5.41, 5.74) is 10.9. The van der Waals surface area contributed by atoms with E-state index in [1.807, 2.05) is 0 Å². The van der Waals surface area contributed by atoms with Crippen molar-refractivity contribution in [2.24, 2.45) is 0 Å². The summed E-state index contributed by atoms with van der Waals surface area (Å²) in [6.07, 6.45) is 0. The SMILES string of the molecule is c1ccc(-n2c3ccccc3c3cc(-c4ccc(N(c5cccc6ccccc56)c5cccc6c5oc5c7ccccc7ccc65)cc4)ccc32)cc1. The molecule has 0 aliphatic carbocycles. The molecule has 0 atom stereocenters. The van der Waals surface area contributed by atoms with E-state index >= 15 is 0 Å². The summed E-state index contributed by atoms with van der Waals surface area (Å²) in [6, 6.07) is 69.6. The van der Waals surface area contributed by atoms with Gasteiger partial charge in [-0.15, -0.1) is 0 Å². The Labute approximate surface area is 306 Å². The Morgan fingerprint density at radius 2 is 0.962 bits per heavy atom. The number of aromatic nitrogens is 1. The summed E-state index contributed by atoms with van der Waals surface area (Å²) in [5, 5.41) is 9.38. The lowest BCUT2D eigenvalue weighted by Gasteiger charge is -2.27. The van der Waals surface area contributed by atoms with Crippen LogP contribution in [0.1, 0.15) is 0 Å². The van der Waals surface area contributed by atoms with Crippen molar-refractivity contribution in [2.75, 3.05) is 4.90 Å². The summed E-state index contributed by atoms with van der Waals surface area (Å²) in [4.78, 5) is 2.36. The van der Waals surface area contributed by atoms with Crippen molar-refractivity contribution in [1.82, 2.24) is 4.57 Å². The third kappa shape index (κ3) is 4.61. The number of fused-ring (bicyclic) bond motifs is 9. The van der Waals surface area contributed by atoms with E-state index in [4.69, 9.17) is 4.42 Å². The molecule has 0 unspecified atom stereocenters. The molecule has 0 bridgehead atoms. The van der Waals surface area contributed by atoms with Crippen molar-refractivity contribution < 1.29 is 4.42 Å². The fourth-order valence-corrected chi connectivity index (χ4v) is 8.31. The molecule has 53 heavy (non-hydrogen) atoms. The molecule has 0 amide bonds. The Kier molecular flexibility index (Phi) is 6.55. The fourth-order valence-electron chi connectivity index (χ4n) is 8.31. The van der Waals surface area contributed by atoms with Crippen LogP contribution in [0.25, 0.3) is 82.1 Å². The van der Waals surface area contributed by atoms with E-state index in [2.05, 4.69) is 204 Å². The third-order valence-corrected chi connectivity index (χ3v) is 10.8. The molecule has 11 aromatic rings. The standard InChI is InChI=1S/C50H32N2O/c1-2-15-37(16-3-1)51-46-21-9-8-19-41(46)44-32-36(27-31-47(44)51)33-24-28-38(29-25-33)52(45-22-10-14-34-12-4-6-17-39(34)45)48-23-11-20-42-43-30-26-35-13-5-7-18-40(35)49(43)53-50(42)48/h1-32H. The van der Waals surface area contributed by atoms with Crippen LogP contribution in [0, 0.1) is 0 Å². The predicted octanol–water partition coefficient (Wildman–Crippen LogP) is 14.1. The van der Waals surface area contributed by atoms with E-state index in [0.29, 0.717) is 0 Å². The van der Waals surface area contributed by atoms with Crippen LogP contribution in [0.5, 0.6) is 0 Å². The van der Waals surface area contributed by atoms with Crippen molar-refractivity contribution in [3.05, 3.63) is 194 Å². The number of furan rings is 1. The molecular formula is C50H32N2O. The molecule has 3 heteroatoms. The molecule has 9 aromatic carbocycles. The van der Waals surface area contributed by atoms with Crippen LogP contribution in [0.15, 0.2) is 199 Å². The Morgan fingerprint density at radius 3 is 1.81 bits per heavy atom. The smallest absolute Gasteiger partial charge is 0.159 e. The van der Waals surface area contributed by atoms with Gasteiger partial charge < -0.3 is 13.9 Å². The molecule has 0 saturated heterocycles. The second kappa shape index (κ2) is 11.7. The maximum Gasteiger partial charge on any atom is 0.159 e. The number of para-hydroxylation sites is 3. The summed E-state index contributed by atoms with van der Waals surface area (Å²) >= 11 is 0. The third-order valence-electron chi connectivity index (χ3n) is 10.8. The molecule has 0 radical (unpaired) electrons. The molecule has 0 aliphatic rings. The minimum Gasteiger partial charge on any atom is -0.453 e. The number of hydrogen-bond donors (Lipinski definition) is 0. The van der Waals surface area contributed by atoms with Crippen molar-refractivity contribution >= 4 is 82.4 Å². The van der Waals surface area contributed by atoms with E-state index in [1.165, 1.54) is 49.1 Å². The van der Waals surface area contributed by atoms with Gasteiger partial charge in [0.15, 0.2) is 5.58 Å². The Balaban J connectivity index is 1.09. The van der Waals surface area contributed by atoms with Crippen LogP contribution < -0.4 is 4.90 Å². The largest absolute Gasteiger partial charge is 0.453 e. The Bertz CT molecular complexity index is 3160. The first kappa shape index (κ1) is 29.6. The van der Waals surface area contributed by atoms with Crippen LogP contribution in [0.4, 0.5) is 17.1 Å². The zero-order chi connectivity index (χ0) is 34.9. The summed E-state index contributed by atoms with van der Waals surface area (Å²) in [7, 11) is 0. The Morgan fingerprint density at radius 1 is 0.358 bits per heavy atom. The Hall–Kier alpha value is -7.10. The second-order valence-electron chi connectivity index (χ2n) is 13.7. The summed E-state index contributed by atoms with van der Waals surface area (Å²) in [5.74, 6) is 0. The second-order valence-corrected chi connectivity index (χ2v) is 13.7. The quantitative estimate of drug-likeness (QED) is 0.181. The number of benzene rings is 9. The highest BCUT2D eigenvalue weighted by molar-refractivity contribution is 6.18. The zero-order valence-electron chi connectivity index (χ0n) is 28.8. The average molecular weight is 677 g/mol. The molecule has 0 saturated carbocycles. The van der Waals surface area contributed by atoms with Crippen molar-refractivity contribution in [2.45, 2.75) is 0 Å². The molecule has 248 valence electrons. The monoisotopic (exact) mass is 676 g/mol. The van der Waals surface area contributed by atoms with Crippen molar-refractivity contribution in [3.8, 4) is 16.8 Å². The number of rotatable bonds is 5. The minimum absolute atomic E-state index is 0.871. The zero-order valence-corrected chi connectivity index (χ0v) is 28.8. The molecule has 0 spiro atoms. The van der Waals surface area contributed by atoms with Crippen LogP contribution in [0.3, 0.4) is 0 Å². The summed E-state index contributed by atoms with van der Waals surface area (Å²) < 4.78 is 9.25. The first-order valence-corrected chi connectivity index (χ1v) is 18.1. The topological polar surface area (TPSA) is 21.3 Å². The van der Waals surface area contributed by atoms with Crippen molar-refractivity contribution in [1.29, 1.82) is 0 Å². The van der Waals surface area contributed by atoms with Crippen molar-refractivity contribution in [3.63, 3.8) is 0 Å². The van der Waals surface area contributed by atoms with Gasteiger partial charge in [0.2, 0.25) is 0 Å². The van der Waals surface area contributed by atoms with Gasteiger partial charge in [-0.05, 0) is 82.6 Å². The number of nitrogens with zero attached hydrogens (tertiary/aromatic N) is 2. The van der Waals surface area contributed by atoms with Crippen LogP contribution in [0.2, 0.25) is 0 Å². The maximum atomic E-state index is 6.89. The lowest BCUT2D eigenvalue weighted by molar-refractivity contribution is 0.673. The number of anilines is 3. The van der Waals surface area contributed by atoms with Gasteiger partial charge in [-0.3, -0.25) is 0 Å². The first-order chi connectivity index (χ1) is 26.3. The first-order valence-electron chi connectivity index (χ1n) is 18.1. The lowest BCUT2D eigenvalue weighted by atomic mass is 10.0. The molecule has 2 aromatic heterocycles. The minimum atomic E-state index is 0.871. The molecule has 0 fully saturated rings. The van der Waals surface area contributed by atoms with E-state index in [9.17, 15) is 0 Å². The van der Waals surface area contributed by atoms with E-state index in [-0.39, 0.29) is 0 Å². The normalized spacial score (nSPS) is 11.8. The van der Waals surface area contributed by atoms with Crippen LogP contribution in [-0.4, -0.2) is 4.57 Å². The predicted molar refractivity (Wildman–Crippen MR) is 223 cm³/mol. The van der Waals surface area contributed by atoms with Gasteiger partial charge in [0, 0.05) is 43.7 Å². The molecule has 2 heterocycles. The van der Waals surface area contributed by atoms with Crippen LogP contribution in [-0.2, 0) is 0 Å². The highest BCUT2D eigenvalue weighted by atomic mass is 16.3. The highest BCUT2D eigenvalue weighted by Crippen LogP contribution is 2.45. The molecule has 11 rings (SSSR count). The highest BCUT2D eigenvalue weighted by Gasteiger charge is 2.22. The van der Waals surface area contributed by atoms with Gasteiger partial charge in [0.05, 0.1) is 22.4 Å². The van der Waals surface area contributed by atoms with Gasteiger partial charge in [-0.25, -0.2) is 0 Å². The fraction of sp³-hybridized carbons (Fsp3) is 0. The molecule has 0 N–H and O–H groups in total. The van der Waals surface area contributed by atoms with E-state index < -0.39 is 0 Å². The summed E-state index contributed by atoms with van der Waals surface area (Å²) in [6.45, 7) is 0. The maximum absolute atomic E-state index is 6.89. The van der Waals surface area contributed by atoms with E-state index in [1.54, 1.807) is 0 Å². The molecule has 3 nitrogen and oxygen atoms in total. The molecular weight excluding hydrogens is 645 g/mol. The van der Waals surface area contributed by atoms with Gasteiger partial charge in [0.1, 0.15) is 5.58 Å². The van der Waals surface area contributed by atoms with Gasteiger partial charge >= 0.3 is 0 Å². The van der Waals surface area contributed by atoms with Gasteiger partial charge in [-0.1, -0.05) is 133 Å².